The van der Waals surface area contributed by atoms with Gasteiger partial charge in [0.1, 0.15) is 18.0 Å². The summed E-state index contributed by atoms with van der Waals surface area (Å²) in [5.41, 5.74) is 1.12. The molecule has 3 amide bonds. The van der Waals surface area contributed by atoms with Gasteiger partial charge in [0.05, 0.1) is 23.1 Å². The van der Waals surface area contributed by atoms with Gasteiger partial charge in [-0.1, -0.05) is 36.7 Å². The molecule has 0 radical (unpaired) electrons. The Morgan fingerprint density at radius 2 is 1.97 bits per heavy atom. The number of carbonyl (C=O) groups is 3. The Morgan fingerprint density at radius 3 is 2.66 bits per heavy atom. The minimum atomic E-state index is -0.527. The summed E-state index contributed by atoms with van der Waals surface area (Å²) >= 11 is 6.85. The fourth-order valence-corrected chi connectivity index (χ4v) is 3.96. The summed E-state index contributed by atoms with van der Waals surface area (Å²) in [5, 5.41) is 2.45. The highest BCUT2D eigenvalue weighted by Gasteiger charge is 2.36. The Kier molecular flexibility index (Phi) is 7.82. The molecule has 0 spiro atoms. The number of amides is 3. The largest absolute Gasteiger partial charge is 0.495 e. The van der Waals surface area contributed by atoms with E-state index in [0.29, 0.717) is 27.8 Å². The Balaban J connectivity index is 1.71. The number of carbonyl (C=O) groups excluding carboxylic acids is 3. The van der Waals surface area contributed by atoms with Crippen molar-refractivity contribution in [2.45, 2.75) is 26.4 Å². The van der Waals surface area contributed by atoms with E-state index >= 15 is 0 Å². The molecule has 0 unspecified atom stereocenters. The molecule has 1 fully saturated rings. The number of rotatable bonds is 8. The van der Waals surface area contributed by atoms with E-state index < -0.39 is 23.6 Å². The second-order valence-electron chi connectivity index (χ2n) is 7.04. The number of halogens is 1. The number of para-hydroxylation sites is 1. The van der Waals surface area contributed by atoms with Crippen molar-refractivity contribution in [1.29, 1.82) is 0 Å². The number of hydrogen-bond acceptors (Lipinski definition) is 6. The number of ether oxygens (including phenoxy) is 2. The van der Waals surface area contributed by atoms with E-state index in [1.165, 1.54) is 13.2 Å². The van der Waals surface area contributed by atoms with Crippen LogP contribution < -0.4 is 14.8 Å². The molecule has 168 valence electrons. The standard InChI is InChI=1S/C23H23ClN2O5S/c1-4-14(2)31-18-8-6-5-7-15(18)11-20-22(28)26(23(29)32-20)13-21(27)25-16-9-10-19(30-3)17(24)12-16/h5-12,14H,4,13H2,1-3H3,(H,25,27)/b20-11+/t14-/m0/s1. The Hall–Kier alpha value is -2.97. The van der Waals surface area contributed by atoms with Gasteiger partial charge in [-0.15, -0.1) is 0 Å². The predicted octanol–water partition coefficient (Wildman–Crippen LogP) is 5.20. The van der Waals surface area contributed by atoms with E-state index in [2.05, 4.69) is 5.32 Å². The second kappa shape index (κ2) is 10.6. The summed E-state index contributed by atoms with van der Waals surface area (Å²) in [5.74, 6) is 0.0534. The van der Waals surface area contributed by atoms with E-state index in [-0.39, 0.29) is 11.0 Å². The van der Waals surface area contributed by atoms with Gasteiger partial charge in [-0.05, 0) is 55.4 Å². The minimum Gasteiger partial charge on any atom is -0.495 e. The van der Waals surface area contributed by atoms with Crippen LogP contribution in [0.4, 0.5) is 10.5 Å². The van der Waals surface area contributed by atoms with Crippen LogP contribution in [-0.4, -0.2) is 41.7 Å². The van der Waals surface area contributed by atoms with Crippen LogP contribution in [0.3, 0.4) is 0 Å². The van der Waals surface area contributed by atoms with Gasteiger partial charge < -0.3 is 14.8 Å². The van der Waals surface area contributed by atoms with E-state index in [1.807, 2.05) is 38.1 Å². The Labute approximate surface area is 195 Å². The molecule has 1 saturated heterocycles. The number of methoxy groups -OCH3 is 1. The number of nitrogens with zero attached hydrogens (tertiary/aromatic N) is 1. The molecule has 3 rings (SSSR count). The average molecular weight is 475 g/mol. The molecule has 1 aliphatic heterocycles. The van der Waals surface area contributed by atoms with E-state index in [9.17, 15) is 14.4 Å². The first-order chi connectivity index (χ1) is 15.3. The van der Waals surface area contributed by atoms with Crippen molar-refractivity contribution in [3.8, 4) is 11.5 Å². The normalized spacial score (nSPS) is 15.8. The molecule has 7 nitrogen and oxygen atoms in total. The third-order valence-electron chi connectivity index (χ3n) is 4.72. The first kappa shape index (κ1) is 23.7. The van der Waals surface area contributed by atoms with Gasteiger partial charge in [0.15, 0.2) is 0 Å². The van der Waals surface area contributed by atoms with Crippen LogP contribution in [0.1, 0.15) is 25.8 Å². The average Bonchev–Trinajstić information content (AvgIpc) is 3.02. The van der Waals surface area contributed by atoms with Crippen molar-refractivity contribution >= 4 is 52.2 Å². The lowest BCUT2D eigenvalue weighted by atomic mass is 10.1. The minimum absolute atomic E-state index is 0.00904. The molecule has 32 heavy (non-hydrogen) atoms. The lowest BCUT2D eigenvalue weighted by Gasteiger charge is -2.15. The highest BCUT2D eigenvalue weighted by atomic mass is 35.5. The van der Waals surface area contributed by atoms with Crippen LogP contribution >= 0.6 is 23.4 Å². The maximum Gasteiger partial charge on any atom is 0.294 e. The van der Waals surface area contributed by atoms with E-state index in [0.717, 1.165) is 23.1 Å². The topological polar surface area (TPSA) is 84.9 Å². The predicted molar refractivity (Wildman–Crippen MR) is 126 cm³/mol. The summed E-state index contributed by atoms with van der Waals surface area (Å²) in [7, 11) is 1.49. The molecule has 0 aromatic heterocycles. The molecule has 2 aromatic carbocycles. The van der Waals surface area contributed by atoms with Crippen LogP contribution in [0.2, 0.25) is 5.02 Å². The van der Waals surface area contributed by atoms with E-state index in [1.54, 1.807) is 18.2 Å². The van der Waals surface area contributed by atoms with Crippen molar-refractivity contribution in [1.82, 2.24) is 4.90 Å². The zero-order valence-corrected chi connectivity index (χ0v) is 19.5. The Morgan fingerprint density at radius 1 is 1.22 bits per heavy atom. The number of thioether (sulfide) groups is 1. The molecular formula is C23H23ClN2O5S. The third-order valence-corrected chi connectivity index (χ3v) is 5.92. The lowest BCUT2D eigenvalue weighted by Crippen LogP contribution is -2.36. The first-order valence-electron chi connectivity index (χ1n) is 9.96. The van der Waals surface area contributed by atoms with Crippen molar-refractivity contribution in [2.75, 3.05) is 19.0 Å². The molecule has 0 aliphatic carbocycles. The quantitative estimate of drug-likeness (QED) is 0.529. The number of hydrogen-bond donors (Lipinski definition) is 1. The molecule has 1 heterocycles. The van der Waals surface area contributed by atoms with Crippen LogP contribution in [0.5, 0.6) is 11.5 Å². The highest BCUT2D eigenvalue weighted by Crippen LogP contribution is 2.34. The van der Waals surface area contributed by atoms with Gasteiger partial charge in [0.2, 0.25) is 5.91 Å². The molecule has 0 bridgehead atoms. The summed E-state index contributed by atoms with van der Waals surface area (Å²) in [6.07, 6.45) is 2.46. The summed E-state index contributed by atoms with van der Waals surface area (Å²) < 4.78 is 11.0. The number of imide groups is 1. The molecule has 1 aliphatic rings. The number of nitrogens with one attached hydrogen (secondary N) is 1. The van der Waals surface area contributed by atoms with Gasteiger partial charge in [-0.2, -0.15) is 0 Å². The zero-order chi connectivity index (χ0) is 23.3. The molecular weight excluding hydrogens is 452 g/mol. The molecule has 1 N–H and O–H groups in total. The fraction of sp³-hybridized carbons (Fsp3) is 0.261. The van der Waals surface area contributed by atoms with Crippen molar-refractivity contribution in [3.05, 3.63) is 58.0 Å². The van der Waals surface area contributed by atoms with Crippen LogP contribution in [0.15, 0.2) is 47.4 Å². The zero-order valence-electron chi connectivity index (χ0n) is 17.9. The Bertz CT molecular complexity index is 1070. The SMILES string of the molecule is CC[C@H](C)Oc1ccccc1/C=C1/SC(=O)N(CC(=O)Nc2ccc(OC)c(Cl)c2)C1=O. The van der Waals surface area contributed by atoms with Gasteiger partial charge >= 0.3 is 0 Å². The highest BCUT2D eigenvalue weighted by molar-refractivity contribution is 8.18. The summed E-state index contributed by atoms with van der Waals surface area (Å²) in [6.45, 7) is 3.57. The first-order valence-corrected chi connectivity index (χ1v) is 11.2. The van der Waals surface area contributed by atoms with Crippen molar-refractivity contribution in [3.63, 3.8) is 0 Å². The van der Waals surface area contributed by atoms with Gasteiger partial charge in [-0.25, -0.2) is 0 Å². The number of anilines is 1. The maximum atomic E-state index is 12.8. The second-order valence-corrected chi connectivity index (χ2v) is 8.44. The van der Waals surface area contributed by atoms with Gasteiger partial charge in [-0.3, -0.25) is 19.3 Å². The monoisotopic (exact) mass is 474 g/mol. The third kappa shape index (κ3) is 5.63. The summed E-state index contributed by atoms with van der Waals surface area (Å²) in [6, 6.07) is 12.1. The lowest BCUT2D eigenvalue weighted by molar-refractivity contribution is -0.127. The van der Waals surface area contributed by atoms with Gasteiger partial charge in [0.25, 0.3) is 11.1 Å². The molecule has 0 saturated carbocycles. The van der Waals surface area contributed by atoms with Crippen molar-refractivity contribution in [2.24, 2.45) is 0 Å². The smallest absolute Gasteiger partial charge is 0.294 e. The number of benzene rings is 2. The van der Waals surface area contributed by atoms with Crippen LogP contribution in [0.25, 0.3) is 6.08 Å². The molecule has 1 atom stereocenters. The molecule has 2 aromatic rings. The fourth-order valence-electron chi connectivity index (χ4n) is 2.87. The molecule has 9 heteroatoms. The van der Waals surface area contributed by atoms with Crippen molar-refractivity contribution < 1.29 is 23.9 Å². The summed E-state index contributed by atoms with van der Waals surface area (Å²) in [4.78, 5) is 38.8. The van der Waals surface area contributed by atoms with Crippen LogP contribution in [-0.2, 0) is 9.59 Å². The van der Waals surface area contributed by atoms with Gasteiger partial charge in [0, 0.05) is 11.3 Å². The van der Waals surface area contributed by atoms with Crippen LogP contribution in [0, 0.1) is 0 Å². The van der Waals surface area contributed by atoms with E-state index in [4.69, 9.17) is 21.1 Å². The maximum absolute atomic E-state index is 12.8.